The second-order valence-electron chi connectivity index (χ2n) is 11.6. The fourth-order valence-electron chi connectivity index (χ4n) is 8.09. The molecule has 4 bridgehead atoms. The molecule has 9 nitrogen and oxygen atoms in total. The fourth-order valence-corrected chi connectivity index (χ4v) is 8.09. The number of aromatic nitrogens is 1. The Balaban J connectivity index is 1.27. The van der Waals surface area contributed by atoms with Crippen LogP contribution in [0.15, 0.2) is 48.5 Å². The van der Waals surface area contributed by atoms with Crippen LogP contribution in [0.5, 0.6) is 0 Å². The van der Waals surface area contributed by atoms with Crippen LogP contribution in [0.3, 0.4) is 0 Å². The molecular formula is C30H33N5O4. The monoisotopic (exact) mass is 527 g/mol. The van der Waals surface area contributed by atoms with Crippen molar-refractivity contribution >= 4 is 45.7 Å². The highest BCUT2D eigenvalue weighted by atomic mass is 16.2. The molecule has 202 valence electrons. The van der Waals surface area contributed by atoms with Crippen LogP contribution in [0.4, 0.5) is 9.59 Å². The predicted molar refractivity (Wildman–Crippen MR) is 146 cm³/mol. The highest BCUT2D eigenvalue weighted by molar-refractivity contribution is 6.11. The van der Waals surface area contributed by atoms with Gasteiger partial charge in [-0.05, 0) is 45.7 Å². The van der Waals surface area contributed by atoms with Crippen molar-refractivity contribution in [2.75, 3.05) is 26.2 Å². The quantitative estimate of drug-likeness (QED) is 0.504. The number of rotatable bonds is 5. The number of carbonyl (C=O) groups is 4. The van der Waals surface area contributed by atoms with Gasteiger partial charge in [0.05, 0.1) is 22.9 Å². The molecule has 3 aliphatic heterocycles. The Hall–Kier alpha value is -3.88. The van der Waals surface area contributed by atoms with Crippen molar-refractivity contribution < 1.29 is 19.2 Å². The molecule has 0 radical (unpaired) electrons. The first-order chi connectivity index (χ1) is 18.8. The van der Waals surface area contributed by atoms with Gasteiger partial charge in [-0.1, -0.05) is 36.4 Å². The number of hydrogen-bond donors (Lipinski definition) is 0. The van der Waals surface area contributed by atoms with Crippen LogP contribution in [0.25, 0.3) is 21.8 Å². The van der Waals surface area contributed by atoms with E-state index in [0.717, 1.165) is 11.0 Å². The lowest BCUT2D eigenvalue weighted by atomic mass is 9.41. The highest BCUT2D eigenvalue weighted by Crippen LogP contribution is 2.65. The summed E-state index contributed by atoms with van der Waals surface area (Å²) in [4.78, 5) is 61.2. The largest absolute Gasteiger partial charge is 0.340 e. The molecule has 6 amide bonds. The maximum absolute atomic E-state index is 13.9. The first-order valence-electron chi connectivity index (χ1n) is 14.0. The summed E-state index contributed by atoms with van der Waals surface area (Å²) >= 11 is 0. The van der Waals surface area contributed by atoms with Gasteiger partial charge < -0.3 is 14.4 Å². The lowest BCUT2D eigenvalue weighted by Crippen LogP contribution is -2.91. The van der Waals surface area contributed by atoms with Gasteiger partial charge in [-0.15, -0.1) is 0 Å². The van der Waals surface area contributed by atoms with Gasteiger partial charge in [0, 0.05) is 54.5 Å². The maximum atomic E-state index is 13.9. The average molecular weight is 528 g/mol. The van der Waals surface area contributed by atoms with E-state index in [2.05, 4.69) is 28.8 Å². The van der Waals surface area contributed by atoms with Gasteiger partial charge in [0.1, 0.15) is 0 Å². The SMILES string of the molecule is CCN1C(=O)N2CCCN3C(=O)N(CCCn4c5ccccc5c5ccccc54)[C@H]4[C@@H]1[C@@](C)(C2=O)[C@@]4(C)C3=O. The summed E-state index contributed by atoms with van der Waals surface area (Å²) in [6.07, 6.45) is 1.05. The van der Waals surface area contributed by atoms with E-state index in [1.807, 2.05) is 45.0 Å². The number of carbonyl (C=O) groups excluding carboxylic acids is 4. The molecule has 3 saturated heterocycles. The number of likely N-dealkylation sites (N-methyl/N-ethyl adjacent to an activating group) is 1. The van der Waals surface area contributed by atoms with E-state index < -0.39 is 22.9 Å². The average Bonchev–Trinajstić information content (AvgIpc) is 3.25. The molecule has 0 spiro atoms. The minimum absolute atomic E-state index is 0.202. The van der Waals surface area contributed by atoms with Gasteiger partial charge in [0.15, 0.2) is 0 Å². The summed E-state index contributed by atoms with van der Waals surface area (Å²) in [6.45, 7) is 7.51. The summed E-state index contributed by atoms with van der Waals surface area (Å²) in [7, 11) is 0. The molecule has 1 saturated carbocycles. The van der Waals surface area contributed by atoms with Crippen molar-refractivity contribution in [1.82, 2.24) is 24.2 Å². The molecule has 4 heterocycles. The zero-order chi connectivity index (χ0) is 27.3. The molecule has 4 fully saturated rings. The molecule has 4 atom stereocenters. The standard InChI is InChI=1S/C30H33N5O4/c1-4-31-23-24-30(3)26(37)35(18-10-17-34(27(31)38)25(36)29(23,30)2)28(39)33(24)16-9-15-32-21-13-7-5-11-19(21)20-12-6-8-14-22(20)32/h5-8,11-14,23-24H,4,9-10,15-18H2,1-3H3/t23-,24+,29+,30-/m1/s1. The normalized spacial score (nSPS) is 30.2. The van der Waals surface area contributed by atoms with Gasteiger partial charge in [0.25, 0.3) is 0 Å². The predicted octanol–water partition coefficient (Wildman–Crippen LogP) is 3.90. The number of hydrogen-bond acceptors (Lipinski definition) is 4. The van der Waals surface area contributed by atoms with Crippen molar-refractivity contribution in [2.45, 2.75) is 52.2 Å². The Morgan fingerprint density at radius 3 is 1.74 bits per heavy atom. The topological polar surface area (TPSA) is 86.2 Å². The first-order valence-corrected chi connectivity index (χ1v) is 14.0. The van der Waals surface area contributed by atoms with Gasteiger partial charge >= 0.3 is 12.1 Å². The molecule has 7 rings (SSSR count). The zero-order valence-corrected chi connectivity index (χ0v) is 22.6. The van der Waals surface area contributed by atoms with Crippen LogP contribution < -0.4 is 0 Å². The van der Waals surface area contributed by atoms with Crippen LogP contribution in [-0.2, 0) is 16.1 Å². The minimum atomic E-state index is -1.09. The molecule has 1 aliphatic carbocycles. The van der Waals surface area contributed by atoms with E-state index in [-0.39, 0.29) is 37.0 Å². The molecular weight excluding hydrogens is 494 g/mol. The van der Waals surface area contributed by atoms with E-state index >= 15 is 0 Å². The fraction of sp³-hybridized carbons (Fsp3) is 0.467. The summed E-state index contributed by atoms with van der Waals surface area (Å²) in [5.41, 5.74) is 0.125. The molecule has 3 aromatic rings. The van der Waals surface area contributed by atoms with E-state index in [1.54, 1.807) is 9.80 Å². The van der Waals surface area contributed by atoms with Gasteiger partial charge in [-0.3, -0.25) is 19.4 Å². The number of benzene rings is 2. The van der Waals surface area contributed by atoms with Crippen LogP contribution in [0, 0.1) is 10.8 Å². The second-order valence-corrected chi connectivity index (χ2v) is 11.6. The van der Waals surface area contributed by atoms with Crippen molar-refractivity contribution in [3.63, 3.8) is 0 Å². The van der Waals surface area contributed by atoms with E-state index in [1.165, 1.54) is 20.6 Å². The summed E-state index contributed by atoms with van der Waals surface area (Å²) in [5.74, 6) is -0.564. The molecule has 2 aromatic carbocycles. The number of urea groups is 2. The summed E-state index contributed by atoms with van der Waals surface area (Å²) in [5, 5.41) is 2.39. The van der Waals surface area contributed by atoms with Gasteiger partial charge in [-0.25, -0.2) is 9.59 Å². The first kappa shape index (κ1) is 24.2. The van der Waals surface area contributed by atoms with E-state index in [9.17, 15) is 19.2 Å². The van der Waals surface area contributed by atoms with Crippen molar-refractivity contribution in [3.05, 3.63) is 48.5 Å². The van der Waals surface area contributed by atoms with E-state index in [4.69, 9.17) is 0 Å². The maximum Gasteiger partial charge on any atom is 0.327 e. The zero-order valence-electron chi connectivity index (χ0n) is 22.6. The Bertz CT molecular complexity index is 1530. The second kappa shape index (κ2) is 8.07. The number of fused-ring (bicyclic) bond motifs is 6. The Kier molecular flexibility index (Phi) is 5.00. The van der Waals surface area contributed by atoms with Gasteiger partial charge in [-0.2, -0.15) is 0 Å². The van der Waals surface area contributed by atoms with Crippen LogP contribution in [-0.4, -0.2) is 86.3 Å². The Labute approximate surface area is 226 Å². The highest BCUT2D eigenvalue weighted by Gasteiger charge is 2.82. The summed E-state index contributed by atoms with van der Waals surface area (Å²) in [6, 6.07) is 15.0. The third-order valence-corrected chi connectivity index (χ3v) is 10.1. The van der Waals surface area contributed by atoms with Gasteiger partial charge in [0.2, 0.25) is 11.8 Å². The lowest BCUT2D eigenvalue weighted by Gasteiger charge is -2.72. The molecule has 0 unspecified atom stereocenters. The number of amides is 6. The minimum Gasteiger partial charge on any atom is -0.340 e. The molecule has 1 aromatic heterocycles. The number of imide groups is 2. The number of aryl methyl sites for hydroxylation is 1. The number of para-hydroxylation sites is 2. The lowest BCUT2D eigenvalue weighted by molar-refractivity contribution is -0.228. The molecule has 0 N–H and O–H groups in total. The molecule has 39 heavy (non-hydrogen) atoms. The van der Waals surface area contributed by atoms with E-state index in [0.29, 0.717) is 32.5 Å². The summed E-state index contributed by atoms with van der Waals surface area (Å²) < 4.78 is 2.30. The smallest absolute Gasteiger partial charge is 0.327 e. The molecule has 4 aliphatic rings. The number of nitrogens with zero attached hydrogens (tertiary/aromatic N) is 5. The van der Waals surface area contributed by atoms with Crippen LogP contribution >= 0.6 is 0 Å². The van der Waals surface area contributed by atoms with Crippen molar-refractivity contribution in [3.8, 4) is 0 Å². The molecule has 9 heteroatoms. The Morgan fingerprint density at radius 1 is 0.718 bits per heavy atom. The third kappa shape index (κ3) is 2.75. The third-order valence-electron chi connectivity index (χ3n) is 10.1. The van der Waals surface area contributed by atoms with Crippen LogP contribution in [0.1, 0.15) is 33.6 Å². The Morgan fingerprint density at radius 2 is 1.21 bits per heavy atom. The van der Waals surface area contributed by atoms with Crippen molar-refractivity contribution in [1.29, 1.82) is 0 Å². The van der Waals surface area contributed by atoms with Crippen LogP contribution in [0.2, 0.25) is 0 Å². The van der Waals surface area contributed by atoms with Crippen molar-refractivity contribution in [2.24, 2.45) is 10.8 Å².